The lowest BCUT2D eigenvalue weighted by atomic mass is 9.80. The van der Waals surface area contributed by atoms with Gasteiger partial charge in [-0.1, -0.05) is 30.3 Å². The lowest BCUT2D eigenvalue weighted by molar-refractivity contribution is 0.448. The molecule has 0 spiro atoms. The normalized spacial score (nSPS) is 17.1. The van der Waals surface area contributed by atoms with Crippen molar-refractivity contribution in [3.8, 4) is 11.5 Å². The molecule has 1 aliphatic carbocycles. The molecule has 4 heteroatoms. The Morgan fingerprint density at radius 2 is 1.83 bits per heavy atom. The Morgan fingerprint density at radius 1 is 1.04 bits per heavy atom. The molecular weight excluding hydrogens is 292 g/mol. The van der Waals surface area contributed by atoms with Crippen molar-refractivity contribution in [2.75, 3.05) is 0 Å². The van der Waals surface area contributed by atoms with Gasteiger partial charge in [0.1, 0.15) is 17.1 Å². The number of aromatic hydroxyl groups is 2. The second kappa shape index (κ2) is 5.16. The minimum absolute atomic E-state index is 0.0434. The van der Waals surface area contributed by atoms with Crippen molar-refractivity contribution in [3.63, 3.8) is 0 Å². The topological polar surface area (TPSA) is 70.7 Å². The summed E-state index contributed by atoms with van der Waals surface area (Å²) in [7, 11) is 0. The van der Waals surface area contributed by atoms with Gasteiger partial charge in [-0.15, -0.1) is 0 Å². The Labute approximate surface area is 132 Å². The van der Waals surface area contributed by atoms with Gasteiger partial charge in [0.05, 0.1) is 5.39 Å². The van der Waals surface area contributed by atoms with Crippen LogP contribution in [0, 0.1) is 0 Å². The smallest absolute Gasteiger partial charge is 0.339 e. The first kappa shape index (κ1) is 13.9. The number of fused-ring (bicyclic) bond motifs is 3. The average Bonchev–Trinajstić information content (AvgIpc) is 2.55. The molecule has 2 aromatic carbocycles. The summed E-state index contributed by atoms with van der Waals surface area (Å²) in [6, 6.07) is 12.8. The summed E-state index contributed by atoms with van der Waals surface area (Å²) in [6.07, 6.45) is 2.23. The van der Waals surface area contributed by atoms with Crippen LogP contribution in [0.2, 0.25) is 0 Å². The van der Waals surface area contributed by atoms with Crippen LogP contribution >= 0.6 is 0 Å². The highest BCUT2D eigenvalue weighted by atomic mass is 16.4. The van der Waals surface area contributed by atoms with E-state index in [4.69, 9.17) is 4.42 Å². The zero-order valence-corrected chi connectivity index (χ0v) is 12.5. The summed E-state index contributed by atoms with van der Waals surface area (Å²) in [5, 5.41) is 20.3. The number of hydrogen-bond donors (Lipinski definition) is 2. The largest absolute Gasteiger partial charge is 0.508 e. The fourth-order valence-electron chi connectivity index (χ4n) is 3.57. The van der Waals surface area contributed by atoms with E-state index in [1.807, 2.05) is 18.2 Å². The molecule has 116 valence electrons. The molecule has 0 fully saturated rings. The van der Waals surface area contributed by atoms with E-state index >= 15 is 0 Å². The molecule has 0 bridgehead atoms. The van der Waals surface area contributed by atoms with Gasteiger partial charge in [0.2, 0.25) is 0 Å². The molecule has 3 aromatic rings. The lowest BCUT2D eigenvalue weighted by Crippen LogP contribution is -2.21. The van der Waals surface area contributed by atoms with Crippen molar-refractivity contribution in [1.29, 1.82) is 0 Å². The maximum absolute atomic E-state index is 12.3. The molecule has 4 nitrogen and oxygen atoms in total. The first-order valence-electron chi connectivity index (χ1n) is 7.69. The van der Waals surface area contributed by atoms with Gasteiger partial charge >= 0.3 is 5.63 Å². The van der Waals surface area contributed by atoms with Crippen molar-refractivity contribution in [2.24, 2.45) is 0 Å². The summed E-state index contributed by atoms with van der Waals surface area (Å²) >= 11 is 0. The van der Waals surface area contributed by atoms with Crippen molar-refractivity contribution in [2.45, 2.75) is 25.2 Å². The van der Waals surface area contributed by atoms with E-state index in [9.17, 15) is 15.0 Å². The van der Waals surface area contributed by atoms with Gasteiger partial charge in [0.25, 0.3) is 0 Å². The van der Waals surface area contributed by atoms with E-state index in [1.54, 1.807) is 0 Å². The Bertz CT molecular complexity index is 941. The molecular formula is C19H16O4. The van der Waals surface area contributed by atoms with Gasteiger partial charge in [-0.2, -0.15) is 0 Å². The Hall–Kier alpha value is -2.75. The number of phenolic OH excluding ortho intramolecular Hbond substituents is 2. The van der Waals surface area contributed by atoms with Crippen LogP contribution in [-0.2, 0) is 12.8 Å². The van der Waals surface area contributed by atoms with Gasteiger partial charge in [0, 0.05) is 17.7 Å². The maximum atomic E-state index is 12.3. The highest BCUT2D eigenvalue weighted by Gasteiger charge is 2.26. The van der Waals surface area contributed by atoms with E-state index in [1.165, 1.54) is 17.7 Å². The van der Waals surface area contributed by atoms with Crippen LogP contribution in [0.3, 0.4) is 0 Å². The van der Waals surface area contributed by atoms with Crippen molar-refractivity contribution < 1.29 is 14.6 Å². The van der Waals surface area contributed by atoms with Gasteiger partial charge in [-0.3, -0.25) is 0 Å². The number of rotatable bonds is 1. The number of hydrogen-bond acceptors (Lipinski definition) is 4. The molecule has 0 radical (unpaired) electrons. The molecule has 0 amide bonds. The van der Waals surface area contributed by atoms with Gasteiger partial charge in [-0.25, -0.2) is 4.79 Å². The first-order chi connectivity index (χ1) is 11.1. The Kier molecular flexibility index (Phi) is 3.11. The van der Waals surface area contributed by atoms with Crippen LogP contribution in [0.4, 0.5) is 0 Å². The fraction of sp³-hybridized carbons (Fsp3) is 0.211. The zero-order valence-electron chi connectivity index (χ0n) is 12.5. The van der Waals surface area contributed by atoms with Gasteiger partial charge in [0.15, 0.2) is 0 Å². The summed E-state index contributed by atoms with van der Waals surface area (Å²) in [4.78, 5) is 12.3. The quantitative estimate of drug-likeness (QED) is 0.675. The molecule has 0 saturated heterocycles. The third kappa shape index (κ3) is 2.27. The summed E-state index contributed by atoms with van der Waals surface area (Å²) in [5.41, 5.74) is 2.56. The molecule has 1 heterocycles. The summed E-state index contributed by atoms with van der Waals surface area (Å²) in [5.74, 6) is 0.123. The van der Waals surface area contributed by atoms with E-state index in [2.05, 4.69) is 12.1 Å². The van der Waals surface area contributed by atoms with Crippen LogP contribution in [0.15, 0.2) is 51.7 Å². The average molecular weight is 308 g/mol. The third-order valence-corrected chi connectivity index (χ3v) is 4.65. The van der Waals surface area contributed by atoms with Crippen LogP contribution in [0.25, 0.3) is 11.0 Å². The molecule has 2 N–H and O–H groups in total. The standard InChI is InChI=1S/C19H16O4/c20-13-9-16(21)18-14-7-6-12(11-4-2-1-3-5-11)8-15(14)19(22)23-17(18)10-13/h1-5,9-10,12,20-21H,6-8H2. The molecule has 1 unspecified atom stereocenters. The number of benzene rings is 2. The van der Waals surface area contributed by atoms with E-state index in [0.29, 0.717) is 23.8 Å². The Balaban J connectivity index is 1.87. The zero-order chi connectivity index (χ0) is 16.0. The van der Waals surface area contributed by atoms with Gasteiger partial charge in [-0.05, 0) is 36.3 Å². The van der Waals surface area contributed by atoms with E-state index in [-0.39, 0.29) is 28.6 Å². The second-order valence-corrected chi connectivity index (χ2v) is 6.04. The predicted octanol–water partition coefficient (Wildman–Crippen LogP) is 3.48. The minimum Gasteiger partial charge on any atom is -0.508 e. The molecule has 0 aliphatic heterocycles. The van der Waals surface area contributed by atoms with Crippen LogP contribution in [-0.4, -0.2) is 10.2 Å². The SMILES string of the molecule is O=c1oc2cc(O)cc(O)c2c2c1CC(c1ccccc1)CC2. The van der Waals surface area contributed by atoms with Crippen molar-refractivity contribution >= 4 is 11.0 Å². The highest BCUT2D eigenvalue weighted by Crippen LogP contribution is 2.38. The molecule has 23 heavy (non-hydrogen) atoms. The van der Waals surface area contributed by atoms with Gasteiger partial charge < -0.3 is 14.6 Å². The van der Waals surface area contributed by atoms with Crippen LogP contribution < -0.4 is 5.63 Å². The molecule has 1 aliphatic rings. The second-order valence-electron chi connectivity index (χ2n) is 6.04. The molecule has 0 saturated carbocycles. The lowest BCUT2D eigenvalue weighted by Gasteiger charge is -2.25. The van der Waals surface area contributed by atoms with E-state index in [0.717, 1.165) is 12.0 Å². The maximum Gasteiger partial charge on any atom is 0.339 e. The number of phenols is 2. The van der Waals surface area contributed by atoms with Crippen molar-refractivity contribution in [1.82, 2.24) is 0 Å². The summed E-state index contributed by atoms with van der Waals surface area (Å²) < 4.78 is 5.33. The first-order valence-corrected chi connectivity index (χ1v) is 7.69. The third-order valence-electron chi connectivity index (χ3n) is 4.65. The predicted molar refractivity (Wildman–Crippen MR) is 87.0 cm³/mol. The van der Waals surface area contributed by atoms with Crippen LogP contribution in [0.1, 0.15) is 29.0 Å². The minimum atomic E-state index is -0.377. The highest BCUT2D eigenvalue weighted by molar-refractivity contribution is 5.89. The number of aryl methyl sites for hydroxylation is 1. The Morgan fingerprint density at radius 3 is 2.61 bits per heavy atom. The monoisotopic (exact) mass is 308 g/mol. The van der Waals surface area contributed by atoms with Crippen LogP contribution in [0.5, 0.6) is 11.5 Å². The summed E-state index contributed by atoms with van der Waals surface area (Å²) in [6.45, 7) is 0. The fourth-order valence-corrected chi connectivity index (χ4v) is 3.57. The molecule has 4 rings (SSSR count). The van der Waals surface area contributed by atoms with Crippen molar-refractivity contribution in [3.05, 3.63) is 69.6 Å². The molecule has 1 aromatic heterocycles. The molecule has 1 atom stereocenters. The van der Waals surface area contributed by atoms with E-state index < -0.39 is 0 Å².